The molecular formula is C16H17BrN2O4. The van der Waals surface area contributed by atoms with Crippen molar-refractivity contribution in [2.75, 3.05) is 6.54 Å². The van der Waals surface area contributed by atoms with Gasteiger partial charge in [-0.1, -0.05) is 28.1 Å². The summed E-state index contributed by atoms with van der Waals surface area (Å²) in [5.74, 6) is -0.773. The third kappa shape index (κ3) is 3.24. The first-order chi connectivity index (χ1) is 10.9. The maximum Gasteiger partial charge on any atom is 0.326 e. The number of urea groups is 1. The van der Waals surface area contributed by atoms with Crippen LogP contribution in [-0.4, -0.2) is 34.9 Å². The minimum Gasteiger partial charge on any atom is -0.459 e. The van der Waals surface area contributed by atoms with Gasteiger partial charge in [0.15, 0.2) is 0 Å². The van der Waals surface area contributed by atoms with Crippen molar-refractivity contribution in [2.45, 2.75) is 31.9 Å². The second-order valence-corrected chi connectivity index (χ2v) is 7.00. The summed E-state index contributed by atoms with van der Waals surface area (Å²) in [6.45, 7) is 1.47. The third-order valence-electron chi connectivity index (χ3n) is 4.30. The molecule has 2 aliphatic rings. The molecule has 1 heterocycles. The Morgan fingerprint density at radius 2 is 2.00 bits per heavy atom. The molecule has 2 fully saturated rings. The van der Waals surface area contributed by atoms with E-state index >= 15 is 0 Å². The van der Waals surface area contributed by atoms with Crippen LogP contribution in [0.5, 0.6) is 0 Å². The van der Waals surface area contributed by atoms with Crippen LogP contribution in [0.1, 0.15) is 25.3 Å². The van der Waals surface area contributed by atoms with E-state index < -0.39 is 17.5 Å². The van der Waals surface area contributed by atoms with Gasteiger partial charge in [0.1, 0.15) is 18.7 Å². The minimum absolute atomic E-state index is 0.107. The van der Waals surface area contributed by atoms with Crippen LogP contribution in [-0.2, 0) is 20.9 Å². The van der Waals surface area contributed by atoms with Crippen molar-refractivity contribution >= 4 is 33.8 Å². The lowest BCUT2D eigenvalue weighted by atomic mass is 9.96. The SMILES string of the molecule is CC1(C2CC2)NC(=O)N(CC(=O)OCc2ccc(Br)cc2)C1=O. The van der Waals surface area contributed by atoms with E-state index in [0.717, 1.165) is 27.8 Å². The highest BCUT2D eigenvalue weighted by Crippen LogP contribution is 2.42. The summed E-state index contributed by atoms with van der Waals surface area (Å²) in [6, 6.07) is 6.83. The summed E-state index contributed by atoms with van der Waals surface area (Å²) in [7, 11) is 0. The lowest BCUT2D eigenvalue weighted by molar-refractivity contribution is -0.148. The molecule has 0 bridgehead atoms. The Morgan fingerprint density at radius 1 is 1.35 bits per heavy atom. The highest BCUT2D eigenvalue weighted by molar-refractivity contribution is 9.10. The molecule has 7 heteroatoms. The van der Waals surface area contributed by atoms with Gasteiger partial charge < -0.3 is 10.1 Å². The number of nitrogens with one attached hydrogen (secondary N) is 1. The molecule has 1 atom stereocenters. The zero-order valence-electron chi connectivity index (χ0n) is 12.7. The molecule has 1 saturated heterocycles. The summed E-state index contributed by atoms with van der Waals surface area (Å²) >= 11 is 3.33. The summed E-state index contributed by atoms with van der Waals surface area (Å²) in [4.78, 5) is 37.2. The smallest absolute Gasteiger partial charge is 0.326 e. The lowest BCUT2D eigenvalue weighted by Gasteiger charge is -2.20. The molecule has 1 aromatic rings. The van der Waals surface area contributed by atoms with Crippen LogP contribution in [0.25, 0.3) is 0 Å². The normalized spacial score (nSPS) is 23.8. The predicted molar refractivity (Wildman–Crippen MR) is 85.3 cm³/mol. The number of hydrogen-bond donors (Lipinski definition) is 1. The number of nitrogens with zero attached hydrogens (tertiary/aromatic N) is 1. The molecule has 6 nitrogen and oxygen atoms in total. The number of ether oxygens (including phenoxy) is 1. The van der Waals surface area contributed by atoms with E-state index in [-0.39, 0.29) is 25.0 Å². The van der Waals surface area contributed by atoms with Crippen molar-refractivity contribution in [3.05, 3.63) is 34.3 Å². The van der Waals surface area contributed by atoms with Gasteiger partial charge in [0.25, 0.3) is 5.91 Å². The Labute approximate surface area is 142 Å². The minimum atomic E-state index is -0.872. The summed E-state index contributed by atoms with van der Waals surface area (Å²) in [5, 5.41) is 2.70. The summed E-state index contributed by atoms with van der Waals surface area (Å²) in [6.07, 6.45) is 1.84. The largest absolute Gasteiger partial charge is 0.459 e. The monoisotopic (exact) mass is 380 g/mol. The number of benzene rings is 1. The molecule has 1 saturated carbocycles. The maximum absolute atomic E-state index is 12.4. The summed E-state index contributed by atoms with van der Waals surface area (Å²) < 4.78 is 6.08. The van der Waals surface area contributed by atoms with Crippen molar-refractivity contribution in [2.24, 2.45) is 5.92 Å². The quantitative estimate of drug-likeness (QED) is 0.627. The van der Waals surface area contributed by atoms with E-state index in [1.165, 1.54) is 0 Å². The van der Waals surface area contributed by atoms with Crippen molar-refractivity contribution in [1.82, 2.24) is 10.2 Å². The molecule has 1 N–H and O–H groups in total. The van der Waals surface area contributed by atoms with E-state index in [1.54, 1.807) is 6.92 Å². The number of hydrogen-bond acceptors (Lipinski definition) is 4. The fourth-order valence-electron chi connectivity index (χ4n) is 2.72. The van der Waals surface area contributed by atoms with Crippen molar-refractivity contribution < 1.29 is 19.1 Å². The van der Waals surface area contributed by atoms with Gasteiger partial charge >= 0.3 is 12.0 Å². The first kappa shape index (κ1) is 16.0. The second kappa shape index (κ2) is 5.96. The van der Waals surface area contributed by atoms with E-state index in [9.17, 15) is 14.4 Å². The van der Waals surface area contributed by atoms with Crippen molar-refractivity contribution in [3.63, 3.8) is 0 Å². The van der Waals surface area contributed by atoms with Gasteiger partial charge in [0.2, 0.25) is 0 Å². The van der Waals surface area contributed by atoms with Crippen LogP contribution in [0.3, 0.4) is 0 Å². The first-order valence-electron chi connectivity index (χ1n) is 7.44. The zero-order valence-corrected chi connectivity index (χ0v) is 14.3. The van der Waals surface area contributed by atoms with Crippen LogP contribution in [0, 0.1) is 5.92 Å². The molecule has 1 aliphatic carbocycles. The zero-order chi connectivity index (χ0) is 16.6. The predicted octanol–water partition coefficient (Wildman–Crippen LogP) is 2.21. The van der Waals surface area contributed by atoms with Gasteiger partial charge in [-0.05, 0) is 43.4 Å². The summed E-state index contributed by atoms with van der Waals surface area (Å²) in [5.41, 5.74) is -0.0372. The molecule has 122 valence electrons. The van der Waals surface area contributed by atoms with E-state index in [2.05, 4.69) is 21.2 Å². The van der Waals surface area contributed by atoms with Crippen LogP contribution >= 0.6 is 15.9 Å². The number of imide groups is 1. The number of amides is 3. The highest BCUT2D eigenvalue weighted by Gasteiger charge is 2.56. The lowest BCUT2D eigenvalue weighted by Crippen LogP contribution is -2.46. The highest BCUT2D eigenvalue weighted by atomic mass is 79.9. The fourth-order valence-corrected chi connectivity index (χ4v) is 2.98. The molecule has 0 aromatic heterocycles. The Kier molecular flexibility index (Phi) is 4.14. The second-order valence-electron chi connectivity index (χ2n) is 6.09. The Bertz CT molecular complexity index is 657. The Balaban J connectivity index is 1.56. The molecule has 0 radical (unpaired) electrons. The van der Waals surface area contributed by atoms with Crippen LogP contribution < -0.4 is 5.32 Å². The number of esters is 1. The van der Waals surface area contributed by atoms with Crippen LogP contribution in [0.2, 0.25) is 0 Å². The first-order valence-corrected chi connectivity index (χ1v) is 8.23. The molecule has 3 amide bonds. The number of carbonyl (C=O) groups excluding carboxylic acids is 3. The van der Waals surface area contributed by atoms with Crippen LogP contribution in [0.4, 0.5) is 4.79 Å². The standard InChI is InChI=1S/C16H17BrN2O4/c1-16(11-4-5-11)14(21)19(15(22)18-16)8-13(20)23-9-10-2-6-12(17)7-3-10/h2-3,6-7,11H,4-5,8-9H2,1H3,(H,18,22). The maximum atomic E-state index is 12.4. The Hall–Kier alpha value is -1.89. The topological polar surface area (TPSA) is 75.7 Å². The molecule has 23 heavy (non-hydrogen) atoms. The fraction of sp³-hybridized carbons (Fsp3) is 0.438. The van der Waals surface area contributed by atoms with Gasteiger partial charge in [-0.25, -0.2) is 4.79 Å². The molecule has 1 aromatic carbocycles. The van der Waals surface area contributed by atoms with Gasteiger partial charge in [-0.2, -0.15) is 0 Å². The van der Waals surface area contributed by atoms with Gasteiger partial charge in [-0.15, -0.1) is 0 Å². The van der Waals surface area contributed by atoms with Crippen molar-refractivity contribution in [1.29, 1.82) is 0 Å². The molecular weight excluding hydrogens is 364 g/mol. The number of rotatable bonds is 5. The van der Waals surface area contributed by atoms with Gasteiger partial charge in [-0.3, -0.25) is 14.5 Å². The average Bonchev–Trinajstić information content (AvgIpc) is 3.33. The average molecular weight is 381 g/mol. The number of halogens is 1. The van der Waals surface area contributed by atoms with Crippen molar-refractivity contribution in [3.8, 4) is 0 Å². The van der Waals surface area contributed by atoms with Crippen LogP contribution in [0.15, 0.2) is 28.7 Å². The molecule has 1 aliphatic heterocycles. The van der Waals surface area contributed by atoms with E-state index in [0.29, 0.717) is 0 Å². The molecule has 0 spiro atoms. The third-order valence-corrected chi connectivity index (χ3v) is 4.82. The van der Waals surface area contributed by atoms with Gasteiger partial charge in [0, 0.05) is 4.47 Å². The van der Waals surface area contributed by atoms with E-state index in [1.807, 2.05) is 24.3 Å². The van der Waals surface area contributed by atoms with E-state index in [4.69, 9.17) is 4.74 Å². The number of carbonyl (C=O) groups is 3. The molecule has 1 unspecified atom stereocenters. The Morgan fingerprint density at radius 3 is 2.61 bits per heavy atom. The van der Waals surface area contributed by atoms with Gasteiger partial charge in [0.05, 0.1) is 0 Å². The molecule has 3 rings (SSSR count).